The van der Waals surface area contributed by atoms with Crippen LogP contribution in [0.4, 0.5) is 26.3 Å². The van der Waals surface area contributed by atoms with Gasteiger partial charge in [0, 0.05) is 10.9 Å². The van der Waals surface area contributed by atoms with Gasteiger partial charge in [0.25, 0.3) is 0 Å². The lowest BCUT2D eigenvalue weighted by atomic mass is 10.1. The van der Waals surface area contributed by atoms with Crippen molar-refractivity contribution in [2.24, 2.45) is 0 Å². The van der Waals surface area contributed by atoms with Gasteiger partial charge in [-0.15, -0.1) is 13.2 Å². The van der Waals surface area contributed by atoms with Gasteiger partial charge in [0.2, 0.25) is 0 Å². The molecule has 11 heteroatoms. The molecule has 1 heterocycles. The molecule has 0 fully saturated rings. The summed E-state index contributed by atoms with van der Waals surface area (Å²) in [4.78, 5) is 13.4. The summed E-state index contributed by atoms with van der Waals surface area (Å²) in [5.74, 6) is -3.35. The maximum atomic E-state index is 12.5. The van der Waals surface area contributed by atoms with Crippen LogP contribution in [0, 0.1) is 0 Å². The third-order valence-corrected chi connectivity index (χ3v) is 2.51. The van der Waals surface area contributed by atoms with Crippen molar-refractivity contribution in [1.29, 1.82) is 0 Å². The van der Waals surface area contributed by atoms with Crippen LogP contribution in [-0.2, 0) is 11.5 Å². The van der Waals surface area contributed by atoms with Crippen LogP contribution in [0.5, 0.6) is 5.75 Å². The summed E-state index contributed by atoms with van der Waals surface area (Å²) in [7, 11) is 0. The van der Waals surface area contributed by atoms with Crippen LogP contribution in [-0.4, -0.2) is 22.4 Å². The molecule has 112 valence electrons. The fourth-order valence-electron chi connectivity index (χ4n) is 1.21. The quantitative estimate of drug-likeness (QED) is 0.655. The molecule has 0 spiro atoms. The predicted octanol–water partition coefficient (Wildman–Crippen LogP) is 3.59. The van der Waals surface area contributed by atoms with Gasteiger partial charge in [-0.1, -0.05) is 15.9 Å². The van der Waals surface area contributed by atoms with Crippen molar-refractivity contribution in [3.63, 3.8) is 0 Å². The fraction of sp³-hybridized carbons (Fsp3) is 0.333. The van der Waals surface area contributed by atoms with Crippen LogP contribution in [0.2, 0.25) is 0 Å². The Morgan fingerprint density at radius 2 is 1.85 bits per heavy atom. The highest BCUT2D eigenvalue weighted by molar-refractivity contribution is 9.08. The predicted molar refractivity (Wildman–Crippen MR) is 55.5 cm³/mol. The second-order valence-corrected chi connectivity index (χ2v) is 3.89. The first-order chi connectivity index (χ1) is 8.95. The SMILES string of the molecule is O=C(O)c1nc(C(F)(F)F)cc(CBr)c1OC(F)(F)F. The molecule has 1 aromatic heterocycles. The van der Waals surface area contributed by atoms with Gasteiger partial charge in [0.1, 0.15) is 5.69 Å². The van der Waals surface area contributed by atoms with E-state index in [2.05, 4.69) is 25.7 Å². The lowest BCUT2D eigenvalue weighted by molar-refractivity contribution is -0.275. The Balaban J connectivity index is 3.53. The molecule has 0 saturated carbocycles. The van der Waals surface area contributed by atoms with Crippen molar-refractivity contribution in [1.82, 2.24) is 4.98 Å². The Morgan fingerprint density at radius 1 is 1.30 bits per heavy atom. The van der Waals surface area contributed by atoms with E-state index in [1.165, 1.54) is 0 Å². The first-order valence-electron chi connectivity index (χ1n) is 4.62. The van der Waals surface area contributed by atoms with Gasteiger partial charge in [-0.05, 0) is 6.07 Å². The highest BCUT2D eigenvalue weighted by Gasteiger charge is 2.39. The third-order valence-electron chi connectivity index (χ3n) is 1.90. The lowest BCUT2D eigenvalue weighted by Crippen LogP contribution is -2.22. The highest BCUT2D eigenvalue weighted by Crippen LogP contribution is 2.36. The Kier molecular flexibility index (Phi) is 4.52. The minimum Gasteiger partial charge on any atom is -0.476 e. The Morgan fingerprint density at radius 3 is 2.20 bits per heavy atom. The van der Waals surface area contributed by atoms with Crippen molar-refractivity contribution in [3.05, 3.63) is 23.0 Å². The molecule has 1 aromatic rings. The zero-order valence-corrected chi connectivity index (χ0v) is 10.7. The second kappa shape index (κ2) is 5.46. The van der Waals surface area contributed by atoms with Crippen LogP contribution in [0.3, 0.4) is 0 Å². The first kappa shape index (κ1) is 16.5. The molecule has 20 heavy (non-hydrogen) atoms. The van der Waals surface area contributed by atoms with Crippen LogP contribution in [0.1, 0.15) is 21.7 Å². The lowest BCUT2D eigenvalue weighted by Gasteiger charge is -2.16. The smallest absolute Gasteiger partial charge is 0.476 e. The number of alkyl halides is 7. The number of aromatic carboxylic acids is 1. The summed E-state index contributed by atoms with van der Waals surface area (Å²) >= 11 is 2.66. The van der Waals surface area contributed by atoms with Crippen LogP contribution in [0.25, 0.3) is 0 Å². The maximum absolute atomic E-state index is 12.5. The number of nitrogens with zero attached hydrogens (tertiary/aromatic N) is 1. The van der Waals surface area contributed by atoms with Crippen molar-refractivity contribution in [2.75, 3.05) is 0 Å². The number of rotatable bonds is 3. The number of carboxylic acid groups (broad SMARTS) is 1. The molecular formula is C9H4BrF6NO3. The number of ether oxygens (including phenoxy) is 1. The van der Waals surface area contributed by atoms with Crippen molar-refractivity contribution < 1.29 is 41.0 Å². The van der Waals surface area contributed by atoms with Crippen LogP contribution < -0.4 is 4.74 Å². The normalized spacial score (nSPS) is 12.3. The molecule has 0 aliphatic heterocycles. The van der Waals surface area contributed by atoms with E-state index in [1.54, 1.807) is 0 Å². The largest absolute Gasteiger partial charge is 0.573 e. The maximum Gasteiger partial charge on any atom is 0.573 e. The zero-order valence-electron chi connectivity index (χ0n) is 9.14. The van der Waals surface area contributed by atoms with E-state index in [9.17, 15) is 31.1 Å². The first-order valence-corrected chi connectivity index (χ1v) is 5.74. The van der Waals surface area contributed by atoms with Gasteiger partial charge in [-0.2, -0.15) is 13.2 Å². The monoisotopic (exact) mass is 367 g/mol. The number of halogens is 7. The molecular weight excluding hydrogens is 364 g/mol. The summed E-state index contributed by atoms with van der Waals surface area (Å²) in [6.45, 7) is 0. The van der Waals surface area contributed by atoms with Crippen molar-refractivity contribution in [3.8, 4) is 5.75 Å². The summed E-state index contributed by atoms with van der Waals surface area (Å²) in [6.07, 6.45) is -10.3. The average Bonchev–Trinajstić information content (AvgIpc) is 2.25. The molecule has 1 N–H and O–H groups in total. The van der Waals surface area contributed by atoms with Crippen LogP contribution in [0.15, 0.2) is 6.07 Å². The third kappa shape index (κ3) is 3.99. The average molecular weight is 368 g/mol. The number of pyridine rings is 1. The topological polar surface area (TPSA) is 59.4 Å². The molecule has 1 rings (SSSR count). The molecule has 0 amide bonds. The van der Waals surface area contributed by atoms with E-state index in [4.69, 9.17) is 5.11 Å². The Labute approximate surface area is 115 Å². The molecule has 0 unspecified atom stereocenters. The highest BCUT2D eigenvalue weighted by atomic mass is 79.9. The molecule has 0 aliphatic carbocycles. The summed E-state index contributed by atoms with van der Waals surface area (Å²) in [5.41, 5.74) is -3.73. The van der Waals surface area contributed by atoms with Gasteiger partial charge < -0.3 is 9.84 Å². The molecule has 0 bridgehead atoms. The number of carboxylic acids is 1. The molecule has 0 aromatic carbocycles. The number of hydrogen-bond acceptors (Lipinski definition) is 3. The molecule has 0 aliphatic rings. The number of aromatic nitrogens is 1. The number of carbonyl (C=O) groups is 1. The van der Waals surface area contributed by atoms with Gasteiger partial charge >= 0.3 is 18.5 Å². The minimum atomic E-state index is -5.26. The van der Waals surface area contributed by atoms with Gasteiger partial charge in [-0.25, -0.2) is 9.78 Å². The van der Waals surface area contributed by atoms with E-state index in [0.717, 1.165) is 0 Å². The van der Waals surface area contributed by atoms with E-state index >= 15 is 0 Å². The fourth-order valence-corrected chi connectivity index (χ4v) is 1.62. The van der Waals surface area contributed by atoms with E-state index in [1.807, 2.05) is 0 Å². The summed E-state index contributed by atoms with van der Waals surface area (Å²) < 4.78 is 77.4. The van der Waals surface area contributed by atoms with Gasteiger partial charge in [0.05, 0.1) is 0 Å². The van der Waals surface area contributed by atoms with E-state index in [-0.39, 0.29) is 6.07 Å². The standard InChI is InChI=1S/C9H4BrF6NO3/c10-2-3-1-4(8(11,12)13)17-5(7(18)19)6(3)20-9(14,15)16/h1H,2H2,(H,18,19). The summed E-state index contributed by atoms with van der Waals surface area (Å²) in [5, 5.41) is 8.20. The van der Waals surface area contributed by atoms with Crippen molar-refractivity contribution in [2.45, 2.75) is 17.9 Å². The zero-order chi connectivity index (χ0) is 15.7. The van der Waals surface area contributed by atoms with Crippen molar-refractivity contribution >= 4 is 21.9 Å². The summed E-state index contributed by atoms with van der Waals surface area (Å²) in [6, 6.07) is 0.280. The minimum absolute atomic E-state index is 0.280. The number of hydrogen-bond donors (Lipinski definition) is 1. The van der Waals surface area contributed by atoms with Crippen LogP contribution >= 0.6 is 15.9 Å². The second-order valence-electron chi connectivity index (χ2n) is 3.33. The molecule has 4 nitrogen and oxygen atoms in total. The Hall–Kier alpha value is -1.52. The molecule has 0 atom stereocenters. The van der Waals surface area contributed by atoms with Gasteiger partial charge in [-0.3, -0.25) is 0 Å². The molecule has 0 saturated heterocycles. The van der Waals surface area contributed by atoms with Gasteiger partial charge in [0.15, 0.2) is 11.4 Å². The molecule has 0 radical (unpaired) electrons. The van der Waals surface area contributed by atoms with E-state index < -0.39 is 46.5 Å². The Bertz CT molecular complexity index is 528. The van der Waals surface area contributed by atoms with E-state index in [0.29, 0.717) is 0 Å².